The quantitative estimate of drug-likeness (QED) is 0.736. The predicted octanol–water partition coefficient (Wildman–Crippen LogP) is 4.53. The van der Waals surface area contributed by atoms with Gasteiger partial charge in [0.05, 0.1) is 28.3 Å². The van der Waals surface area contributed by atoms with Crippen LogP contribution in [0.2, 0.25) is 19.6 Å². The van der Waals surface area contributed by atoms with Crippen LogP contribution in [-0.2, 0) is 6.42 Å². The fourth-order valence-electron chi connectivity index (χ4n) is 3.80. The molecule has 1 aliphatic rings. The van der Waals surface area contributed by atoms with Crippen molar-refractivity contribution >= 4 is 8.07 Å². The Hall–Kier alpha value is -1.78. The van der Waals surface area contributed by atoms with E-state index in [1.807, 2.05) is 0 Å². The average molecular weight is 356 g/mol. The van der Waals surface area contributed by atoms with Gasteiger partial charge in [0.1, 0.15) is 0 Å². The fourth-order valence-corrected chi connectivity index (χ4v) is 5.36. The molecule has 0 N–H and O–H groups in total. The zero-order chi connectivity index (χ0) is 18.0. The van der Waals surface area contributed by atoms with Gasteiger partial charge in [-0.15, -0.1) is 0 Å². The van der Waals surface area contributed by atoms with E-state index in [1.165, 1.54) is 22.9 Å². The lowest BCUT2D eigenvalue weighted by molar-refractivity contribution is 0.243. The Labute approximate surface area is 152 Å². The third-order valence-electron chi connectivity index (χ3n) is 4.77. The van der Waals surface area contributed by atoms with Crippen LogP contribution in [0.4, 0.5) is 0 Å². The molecular formula is C21H29NO2Si. The molecule has 25 heavy (non-hydrogen) atoms. The van der Waals surface area contributed by atoms with Crippen molar-refractivity contribution in [3.8, 4) is 11.5 Å². The number of hydrogen-bond donors (Lipinski definition) is 0. The second-order valence-electron chi connectivity index (χ2n) is 8.00. The molecule has 0 aliphatic carbocycles. The van der Waals surface area contributed by atoms with Gasteiger partial charge in [-0.2, -0.15) is 0 Å². The SMILES string of the molecule is COc1cc2c(cc1OC)C(c1ccccc1)N(C[Si](C)(C)C)CC2. The number of rotatable bonds is 5. The standard InChI is InChI=1S/C21H29NO2Si/c1-23-19-13-17-11-12-22(15-25(3,4)5)21(16-9-7-6-8-10-16)18(17)14-20(19)24-2/h6-10,13-14,21H,11-12,15H2,1-5H3. The van der Waals surface area contributed by atoms with Crippen molar-refractivity contribution in [2.75, 3.05) is 26.9 Å². The first-order chi connectivity index (χ1) is 11.9. The monoisotopic (exact) mass is 355 g/mol. The minimum Gasteiger partial charge on any atom is -0.493 e. The van der Waals surface area contributed by atoms with Gasteiger partial charge in [0.25, 0.3) is 0 Å². The number of methoxy groups -OCH3 is 2. The molecule has 1 aliphatic heterocycles. The van der Waals surface area contributed by atoms with E-state index < -0.39 is 8.07 Å². The first-order valence-corrected chi connectivity index (χ1v) is 12.7. The second kappa shape index (κ2) is 7.22. The summed E-state index contributed by atoms with van der Waals surface area (Å²) in [5.74, 6) is 1.64. The molecule has 3 rings (SSSR count). The van der Waals surface area contributed by atoms with Gasteiger partial charge in [-0.05, 0) is 41.4 Å². The highest BCUT2D eigenvalue weighted by molar-refractivity contribution is 6.76. The van der Waals surface area contributed by atoms with Crippen LogP contribution in [0.1, 0.15) is 22.7 Å². The van der Waals surface area contributed by atoms with Gasteiger partial charge in [0.15, 0.2) is 11.5 Å². The van der Waals surface area contributed by atoms with Gasteiger partial charge in [-0.3, -0.25) is 4.90 Å². The average Bonchev–Trinajstić information content (AvgIpc) is 2.59. The molecular weight excluding hydrogens is 326 g/mol. The maximum absolute atomic E-state index is 5.59. The summed E-state index contributed by atoms with van der Waals surface area (Å²) in [7, 11) is 2.21. The lowest BCUT2D eigenvalue weighted by Crippen LogP contribution is -2.45. The number of hydrogen-bond acceptors (Lipinski definition) is 3. The molecule has 0 aromatic heterocycles. The van der Waals surface area contributed by atoms with E-state index in [9.17, 15) is 0 Å². The normalized spacial score (nSPS) is 17.9. The first-order valence-electron chi connectivity index (χ1n) is 8.97. The van der Waals surface area contributed by atoms with E-state index >= 15 is 0 Å². The molecule has 134 valence electrons. The molecule has 1 heterocycles. The molecule has 0 saturated carbocycles. The smallest absolute Gasteiger partial charge is 0.161 e. The maximum Gasteiger partial charge on any atom is 0.161 e. The van der Waals surface area contributed by atoms with Crippen molar-refractivity contribution in [2.24, 2.45) is 0 Å². The summed E-state index contributed by atoms with van der Waals surface area (Å²) in [5, 5.41) is 0. The van der Waals surface area contributed by atoms with Crippen LogP contribution in [-0.4, -0.2) is 39.9 Å². The summed E-state index contributed by atoms with van der Waals surface area (Å²) >= 11 is 0. The van der Waals surface area contributed by atoms with Crippen molar-refractivity contribution in [2.45, 2.75) is 32.1 Å². The predicted molar refractivity (Wildman–Crippen MR) is 106 cm³/mol. The molecule has 2 aromatic carbocycles. The largest absolute Gasteiger partial charge is 0.493 e. The third-order valence-corrected chi connectivity index (χ3v) is 6.12. The van der Waals surface area contributed by atoms with Gasteiger partial charge >= 0.3 is 0 Å². The lowest BCUT2D eigenvalue weighted by Gasteiger charge is -2.40. The second-order valence-corrected chi connectivity index (χ2v) is 13.4. The van der Waals surface area contributed by atoms with Crippen LogP contribution in [0.25, 0.3) is 0 Å². The van der Waals surface area contributed by atoms with Gasteiger partial charge < -0.3 is 9.47 Å². The molecule has 3 nitrogen and oxygen atoms in total. The fraction of sp³-hybridized carbons (Fsp3) is 0.429. The van der Waals surface area contributed by atoms with Crippen molar-refractivity contribution < 1.29 is 9.47 Å². The molecule has 0 amide bonds. The van der Waals surface area contributed by atoms with Crippen LogP contribution in [0.15, 0.2) is 42.5 Å². The summed E-state index contributed by atoms with van der Waals surface area (Å²) in [5.41, 5.74) is 4.08. The van der Waals surface area contributed by atoms with Crippen molar-refractivity contribution in [1.82, 2.24) is 4.90 Å². The van der Waals surface area contributed by atoms with E-state index in [1.54, 1.807) is 14.2 Å². The van der Waals surface area contributed by atoms with E-state index in [2.05, 4.69) is 67.0 Å². The lowest BCUT2D eigenvalue weighted by atomic mass is 9.88. The third kappa shape index (κ3) is 3.91. The van der Waals surface area contributed by atoms with Crippen molar-refractivity contribution in [3.05, 3.63) is 59.2 Å². The topological polar surface area (TPSA) is 21.7 Å². The first kappa shape index (κ1) is 18.0. The molecule has 1 unspecified atom stereocenters. The zero-order valence-electron chi connectivity index (χ0n) is 16.0. The molecule has 0 saturated heterocycles. The van der Waals surface area contributed by atoms with Crippen LogP contribution >= 0.6 is 0 Å². The number of ether oxygens (including phenoxy) is 2. The summed E-state index contributed by atoms with van der Waals surface area (Å²) < 4.78 is 11.1. The van der Waals surface area contributed by atoms with Gasteiger partial charge in [-0.25, -0.2) is 0 Å². The Morgan fingerprint density at radius 3 is 2.24 bits per heavy atom. The van der Waals surface area contributed by atoms with Crippen LogP contribution in [0, 0.1) is 0 Å². The minimum absolute atomic E-state index is 0.288. The Morgan fingerprint density at radius 1 is 1.00 bits per heavy atom. The Bertz CT molecular complexity index is 725. The highest BCUT2D eigenvalue weighted by Crippen LogP contribution is 2.41. The van der Waals surface area contributed by atoms with Crippen molar-refractivity contribution in [1.29, 1.82) is 0 Å². The maximum atomic E-state index is 5.59. The summed E-state index contributed by atoms with van der Waals surface area (Å²) in [6.07, 6.45) is 2.25. The van der Waals surface area contributed by atoms with Gasteiger partial charge in [0.2, 0.25) is 0 Å². The molecule has 0 spiro atoms. The number of benzene rings is 2. The molecule has 4 heteroatoms. The Balaban J connectivity index is 2.10. The van der Waals surface area contributed by atoms with Crippen LogP contribution < -0.4 is 9.47 Å². The molecule has 0 bridgehead atoms. The van der Waals surface area contributed by atoms with E-state index in [0.717, 1.165) is 24.5 Å². The van der Waals surface area contributed by atoms with Gasteiger partial charge in [0, 0.05) is 6.54 Å². The van der Waals surface area contributed by atoms with Gasteiger partial charge in [-0.1, -0.05) is 50.0 Å². The number of fused-ring (bicyclic) bond motifs is 1. The Morgan fingerprint density at radius 2 is 1.64 bits per heavy atom. The summed E-state index contributed by atoms with van der Waals surface area (Å²) in [4.78, 5) is 2.66. The van der Waals surface area contributed by atoms with E-state index in [4.69, 9.17) is 9.47 Å². The van der Waals surface area contributed by atoms with Crippen LogP contribution in [0.3, 0.4) is 0 Å². The highest BCUT2D eigenvalue weighted by Gasteiger charge is 2.32. The van der Waals surface area contributed by atoms with E-state index in [-0.39, 0.29) is 6.04 Å². The molecule has 0 fully saturated rings. The van der Waals surface area contributed by atoms with Crippen molar-refractivity contribution in [3.63, 3.8) is 0 Å². The molecule has 0 radical (unpaired) electrons. The van der Waals surface area contributed by atoms with E-state index in [0.29, 0.717) is 0 Å². The number of nitrogens with zero attached hydrogens (tertiary/aromatic N) is 1. The Kier molecular flexibility index (Phi) is 5.20. The highest BCUT2D eigenvalue weighted by atomic mass is 28.3. The molecule has 1 atom stereocenters. The van der Waals surface area contributed by atoms with Crippen LogP contribution in [0.5, 0.6) is 11.5 Å². The zero-order valence-corrected chi connectivity index (χ0v) is 17.0. The molecule has 2 aromatic rings. The summed E-state index contributed by atoms with van der Waals surface area (Å²) in [6.45, 7) is 8.42. The minimum atomic E-state index is -1.21. The summed E-state index contributed by atoms with van der Waals surface area (Å²) in [6, 6.07) is 15.5.